The molecule has 0 radical (unpaired) electrons. The number of hydrogen-bond acceptors (Lipinski definition) is 6. The van der Waals surface area contributed by atoms with Crippen LogP contribution in [0.4, 0.5) is 0 Å². The minimum atomic E-state index is -2.44. The lowest BCUT2D eigenvalue weighted by Crippen LogP contribution is -2.69. The maximum Gasteiger partial charge on any atom is 0.283 e. The molecule has 0 aliphatic heterocycles. The lowest BCUT2D eigenvalue weighted by atomic mass is 9.62. The molecule has 2 rings (SSSR count). The summed E-state index contributed by atoms with van der Waals surface area (Å²) in [5.74, 6) is -2.33. The molecule has 0 heterocycles. The number of aliphatic hydroxyl groups is 2. The van der Waals surface area contributed by atoms with Crippen molar-refractivity contribution in [2.24, 2.45) is 0 Å². The Hall–Kier alpha value is -1.83. The Labute approximate surface area is 143 Å². The average molecular weight is 356 g/mol. The van der Waals surface area contributed by atoms with Crippen molar-refractivity contribution in [1.29, 1.82) is 0 Å². The highest BCUT2D eigenvalue weighted by atomic mass is 35.5. The summed E-state index contributed by atoms with van der Waals surface area (Å²) in [5.41, 5.74) is -4.25. The molecule has 2 unspecified atom stereocenters. The van der Waals surface area contributed by atoms with Crippen LogP contribution in [0.5, 0.6) is 0 Å². The smallest absolute Gasteiger partial charge is 0.283 e. The molecule has 2 N–H and O–H groups in total. The molecule has 0 spiro atoms. The number of Topliss-reactive ketones (excluding diaryl/α,β-unsaturated/α-hetero) is 2. The fourth-order valence-electron chi connectivity index (χ4n) is 3.43. The molecular weight excluding hydrogens is 338 g/mol. The zero-order chi connectivity index (χ0) is 18.3. The van der Waals surface area contributed by atoms with Gasteiger partial charge in [0.15, 0.2) is 22.8 Å². The first-order chi connectivity index (χ1) is 11.0. The number of hydrogen-bond donors (Lipinski definition) is 2. The van der Waals surface area contributed by atoms with Gasteiger partial charge in [-0.15, -0.1) is 0 Å². The third-order valence-electron chi connectivity index (χ3n) is 4.79. The lowest BCUT2D eigenvalue weighted by Gasteiger charge is -2.45. The van der Waals surface area contributed by atoms with E-state index in [-0.39, 0.29) is 12.8 Å². The Balaban J connectivity index is 2.58. The van der Waals surface area contributed by atoms with E-state index in [4.69, 9.17) is 11.6 Å². The maximum atomic E-state index is 12.0. The highest BCUT2D eigenvalue weighted by molar-refractivity contribution is 6.30. The normalized spacial score (nSPS) is 33.0. The summed E-state index contributed by atoms with van der Waals surface area (Å²) in [6.45, 7) is 2.03. The van der Waals surface area contributed by atoms with Crippen LogP contribution in [0.25, 0.3) is 0 Å². The molecule has 24 heavy (non-hydrogen) atoms. The van der Waals surface area contributed by atoms with Gasteiger partial charge in [-0.25, -0.2) is 0 Å². The average Bonchev–Trinajstić information content (AvgIpc) is 2.46. The van der Waals surface area contributed by atoms with Gasteiger partial charge >= 0.3 is 0 Å². The second kappa shape index (κ2) is 6.23. The van der Waals surface area contributed by atoms with Crippen molar-refractivity contribution in [2.75, 3.05) is 0 Å². The van der Waals surface area contributed by atoms with Crippen LogP contribution < -0.4 is 0 Å². The fourth-order valence-corrected chi connectivity index (χ4v) is 3.56. The van der Waals surface area contributed by atoms with Gasteiger partial charge < -0.3 is 10.2 Å². The molecule has 7 nitrogen and oxygen atoms in total. The van der Waals surface area contributed by atoms with Crippen molar-refractivity contribution in [3.8, 4) is 0 Å². The Kier molecular flexibility index (Phi) is 4.81. The number of nitro groups is 1. The van der Waals surface area contributed by atoms with Gasteiger partial charge in [0, 0.05) is 9.95 Å². The Morgan fingerprint density at radius 1 is 1.12 bits per heavy atom. The third-order valence-corrected chi connectivity index (χ3v) is 5.04. The van der Waals surface area contributed by atoms with E-state index >= 15 is 0 Å². The van der Waals surface area contributed by atoms with Crippen LogP contribution in [0.2, 0.25) is 5.02 Å². The van der Waals surface area contributed by atoms with Gasteiger partial charge in [0.1, 0.15) is 0 Å². The predicted molar refractivity (Wildman–Crippen MR) is 85.5 cm³/mol. The standard InChI is InChI=1S/C16H18ClNO6/c1-9(19)15(21)7-12(11-3-5-13(17)6-4-11)8-16(22,10(2)20)14(15)18(23)24/h3-6,12,14,21-22H,7-8H2,1-2H3/t12?,14?,15-,16+. The minimum Gasteiger partial charge on any atom is -0.376 e. The SMILES string of the molecule is CC(=O)[C@]1(O)CC(c2ccc(Cl)cc2)C[C@](O)(C(C)=O)C1[N+](=O)[O-]. The number of halogens is 1. The monoisotopic (exact) mass is 355 g/mol. The Morgan fingerprint density at radius 2 is 1.54 bits per heavy atom. The van der Waals surface area contributed by atoms with E-state index in [9.17, 15) is 29.9 Å². The third kappa shape index (κ3) is 2.94. The molecule has 0 bridgehead atoms. The molecule has 8 heteroatoms. The van der Waals surface area contributed by atoms with E-state index in [1.165, 1.54) is 0 Å². The summed E-state index contributed by atoms with van der Waals surface area (Å²) in [6, 6.07) is 4.36. The van der Waals surface area contributed by atoms with E-state index < -0.39 is 39.7 Å². The van der Waals surface area contributed by atoms with Gasteiger partial charge in [-0.05, 0) is 50.3 Å². The Bertz CT molecular complexity index is 660. The topological polar surface area (TPSA) is 118 Å². The molecule has 1 aromatic rings. The maximum absolute atomic E-state index is 12.0. The summed E-state index contributed by atoms with van der Waals surface area (Å²) in [7, 11) is 0. The fraction of sp³-hybridized carbons (Fsp3) is 0.500. The van der Waals surface area contributed by atoms with Crippen molar-refractivity contribution in [1.82, 2.24) is 0 Å². The zero-order valence-electron chi connectivity index (χ0n) is 13.2. The first kappa shape index (κ1) is 18.5. The molecule has 1 saturated carbocycles. The second-order valence-electron chi connectivity index (χ2n) is 6.31. The summed E-state index contributed by atoms with van der Waals surface area (Å²) < 4.78 is 0. The number of benzene rings is 1. The molecule has 1 fully saturated rings. The summed E-state index contributed by atoms with van der Waals surface area (Å²) in [5, 5.41) is 33.4. The van der Waals surface area contributed by atoms with Crippen LogP contribution in [0.15, 0.2) is 24.3 Å². The van der Waals surface area contributed by atoms with E-state index in [1.54, 1.807) is 24.3 Å². The van der Waals surface area contributed by atoms with Gasteiger partial charge in [0.25, 0.3) is 6.04 Å². The number of rotatable bonds is 4. The Morgan fingerprint density at radius 3 is 1.88 bits per heavy atom. The van der Waals surface area contributed by atoms with Gasteiger partial charge in [-0.1, -0.05) is 23.7 Å². The van der Waals surface area contributed by atoms with Gasteiger partial charge in [-0.3, -0.25) is 19.7 Å². The van der Waals surface area contributed by atoms with Crippen molar-refractivity contribution in [3.05, 3.63) is 45.0 Å². The van der Waals surface area contributed by atoms with E-state index in [0.717, 1.165) is 13.8 Å². The molecule has 0 saturated heterocycles. The first-order valence-electron chi connectivity index (χ1n) is 7.38. The number of carbonyl (C=O) groups excluding carboxylic acids is 2. The van der Waals surface area contributed by atoms with Crippen molar-refractivity contribution < 1.29 is 24.7 Å². The molecule has 0 aromatic heterocycles. The van der Waals surface area contributed by atoms with Crippen LogP contribution in [0.1, 0.15) is 38.2 Å². The minimum absolute atomic E-state index is 0.259. The number of carbonyl (C=O) groups is 2. The van der Waals surface area contributed by atoms with E-state index in [1.807, 2.05) is 0 Å². The molecule has 4 atom stereocenters. The zero-order valence-corrected chi connectivity index (χ0v) is 14.0. The molecular formula is C16H18ClNO6. The van der Waals surface area contributed by atoms with Crippen molar-refractivity contribution in [3.63, 3.8) is 0 Å². The van der Waals surface area contributed by atoms with Crippen molar-refractivity contribution >= 4 is 23.2 Å². The van der Waals surface area contributed by atoms with Crippen LogP contribution in [0, 0.1) is 10.1 Å². The van der Waals surface area contributed by atoms with Crippen molar-refractivity contribution in [2.45, 2.75) is 49.9 Å². The van der Waals surface area contributed by atoms with Crippen LogP contribution >= 0.6 is 11.6 Å². The van der Waals surface area contributed by atoms with Gasteiger partial charge in [-0.2, -0.15) is 0 Å². The van der Waals surface area contributed by atoms with Crippen LogP contribution in [0.3, 0.4) is 0 Å². The highest BCUT2D eigenvalue weighted by Crippen LogP contribution is 2.46. The van der Waals surface area contributed by atoms with Gasteiger partial charge in [0.2, 0.25) is 0 Å². The first-order valence-corrected chi connectivity index (χ1v) is 7.76. The largest absolute Gasteiger partial charge is 0.376 e. The lowest BCUT2D eigenvalue weighted by molar-refractivity contribution is -0.564. The number of nitrogens with zero attached hydrogens (tertiary/aromatic N) is 1. The predicted octanol–water partition coefficient (Wildman–Crippen LogP) is 1.50. The molecule has 1 aliphatic carbocycles. The van der Waals surface area contributed by atoms with Crippen LogP contribution in [-0.2, 0) is 9.59 Å². The quantitative estimate of drug-likeness (QED) is 0.624. The summed E-state index contributed by atoms with van der Waals surface area (Å²) >= 11 is 5.83. The summed E-state index contributed by atoms with van der Waals surface area (Å²) in [4.78, 5) is 34.5. The van der Waals surface area contributed by atoms with Gasteiger partial charge in [0.05, 0.1) is 0 Å². The molecule has 1 aromatic carbocycles. The summed E-state index contributed by atoms with van der Waals surface area (Å²) in [6.07, 6.45) is -0.517. The molecule has 0 amide bonds. The highest BCUT2D eigenvalue weighted by Gasteiger charge is 2.67. The van der Waals surface area contributed by atoms with E-state index in [2.05, 4.69) is 0 Å². The van der Waals surface area contributed by atoms with Crippen LogP contribution in [-0.4, -0.2) is 43.9 Å². The molecule has 130 valence electrons. The molecule has 1 aliphatic rings. The number of ketones is 2. The van der Waals surface area contributed by atoms with E-state index in [0.29, 0.717) is 10.6 Å². The second-order valence-corrected chi connectivity index (χ2v) is 6.74.